The van der Waals surface area contributed by atoms with Crippen molar-refractivity contribution in [1.29, 1.82) is 0 Å². The molecule has 1 aliphatic heterocycles. The van der Waals surface area contributed by atoms with Crippen LogP contribution in [0.4, 0.5) is 13.2 Å². The van der Waals surface area contributed by atoms with E-state index in [2.05, 4.69) is 10.9 Å². The lowest BCUT2D eigenvalue weighted by Gasteiger charge is -2.31. The number of nitrogens with two attached hydrogens (primary N) is 1. The minimum absolute atomic E-state index is 0.0775. The van der Waals surface area contributed by atoms with Gasteiger partial charge in [0.05, 0.1) is 5.38 Å². The minimum Gasteiger partial charge on any atom is -0.342 e. The predicted octanol–water partition coefficient (Wildman–Crippen LogP) is 1.01. The van der Waals surface area contributed by atoms with Crippen molar-refractivity contribution in [2.24, 2.45) is 16.8 Å². The van der Waals surface area contributed by atoms with E-state index in [0.717, 1.165) is 0 Å². The van der Waals surface area contributed by atoms with Gasteiger partial charge in [-0.15, -0.1) is 18.0 Å². The van der Waals surface area contributed by atoms with Crippen LogP contribution in [0.15, 0.2) is 4.99 Å². The molecule has 0 spiro atoms. The number of hydrogen-bond donors (Lipinski definition) is 2. The van der Waals surface area contributed by atoms with E-state index in [9.17, 15) is 13.2 Å². The number of alkyl halides is 4. The zero-order valence-corrected chi connectivity index (χ0v) is 9.42. The molecule has 0 aliphatic carbocycles. The van der Waals surface area contributed by atoms with Crippen LogP contribution in [-0.4, -0.2) is 30.2 Å². The molecule has 0 fully saturated rings. The van der Waals surface area contributed by atoms with E-state index in [0.29, 0.717) is 0 Å². The number of nitrogens with zero attached hydrogens (tertiary/aromatic N) is 1. The fourth-order valence-corrected chi connectivity index (χ4v) is 1.77. The average Bonchev–Trinajstić information content (AvgIpc) is 2.25. The van der Waals surface area contributed by atoms with Gasteiger partial charge in [0.2, 0.25) is 0 Å². The van der Waals surface area contributed by atoms with Crippen LogP contribution in [0.3, 0.4) is 0 Å². The van der Waals surface area contributed by atoms with Gasteiger partial charge in [0.15, 0.2) is 6.23 Å². The molecule has 0 bridgehead atoms. The summed E-state index contributed by atoms with van der Waals surface area (Å²) in [4.78, 5) is 3.68. The van der Waals surface area contributed by atoms with Gasteiger partial charge in [-0.05, 0) is 6.42 Å². The molecule has 0 aromatic heterocycles. The Bertz CT molecular complexity index is 339. The number of hydrogen-bond acceptors (Lipinski definition) is 4. The van der Waals surface area contributed by atoms with E-state index >= 15 is 0 Å². The van der Waals surface area contributed by atoms with Crippen LogP contribution in [0.1, 0.15) is 6.42 Å². The van der Waals surface area contributed by atoms with E-state index in [1.807, 2.05) is 5.43 Å². The molecule has 8 heteroatoms. The molecule has 3 N–H and O–H groups in total. The maximum Gasteiger partial charge on any atom is 0.398 e. The Kier molecular flexibility index (Phi) is 4.62. The van der Waals surface area contributed by atoms with Gasteiger partial charge < -0.3 is 10.2 Å². The van der Waals surface area contributed by atoms with E-state index in [4.69, 9.17) is 28.6 Å². The van der Waals surface area contributed by atoms with Crippen LogP contribution in [0.25, 0.3) is 0 Å². The highest BCUT2D eigenvalue weighted by atomic mass is 35.5. The third-order valence-electron chi connectivity index (χ3n) is 2.25. The lowest BCUT2D eigenvalue weighted by atomic mass is 9.97. The molecule has 1 heterocycles. The second-order valence-corrected chi connectivity index (χ2v) is 3.97. The fraction of sp³-hybridized carbons (Fsp3) is 0.667. The Morgan fingerprint density at radius 2 is 2.29 bits per heavy atom. The quantitative estimate of drug-likeness (QED) is 0.340. The smallest absolute Gasteiger partial charge is 0.342 e. The minimum atomic E-state index is -4.45. The first-order valence-corrected chi connectivity index (χ1v) is 5.14. The van der Waals surface area contributed by atoms with Gasteiger partial charge >= 0.3 is 6.18 Å². The fourth-order valence-electron chi connectivity index (χ4n) is 1.46. The van der Waals surface area contributed by atoms with E-state index in [1.165, 1.54) is 0 Å². The van der Waals surface area contributed by atoms with Crippen molar-refractivity contribution in [3.05, 3.63) is 0 Å². The van der Waals surface area contributed by atoms with Gasteiger partial charge in [0, 0.05) is 0 Å². The number of amidine groups is 1. The van der Waals surface area contributed by atoms with Crippen LogP contribution in [0.2, 0.25) is 0 Å². The molecular weight excluding hydrogens is 259 g/mol. The predicted molar refractivity (Wildman–Crippen MR) is 57.1 cm³/mol. The van der Waals surface area contributed by atoms with Crippen LogP contribution in [0.5, 0.6) is 0 Å². The van der Waals surface area contributed by atoms with Gasteiger partial charge in [-0.1, -0.05) is 5.92 Å². The molecule has 3 unspecified atom stereocenters. The lowest BCUT2D eigenvalue weighted by molar-refractivity contribution is -0.160. The Balaban J connectivity index is 2.86. The molecule has 0 saturated heterocycles. The summed E-state index contributed by atoms with van der Waals surface area (Å²) in [6.45, 7) is -0.0775. The maximum atomic E-state index is 12.6. The van der Waals surface area contributed by atoms with Crippen molar-refractivity contribution in [2.75, 3.05) is 6.61 Å². The van der Waals surface area contributed by atoms with Crippen molar-refractivity contribution in [2.45, 2.75) is 24.2 Å². The summed E-state index contributed by atoms with van der Waals surface area (Å²) in [6, 6.07) is 0. The second-order valence-electron chi connectivity index (χ2n) is 3.41. The first-order chi connectivity index (χ1) is 7.90. The summed E-state index contributed by atoms with van der Waals surface area (Å²) in [6.07, 6.45) is -0.758. The number of ether oxygens (including phenoxy) is 1. The Morgan fingerprint density at radius 3 is 2.76 bits per heavy atom. The third kappa shape index (κ3) is 3.49. The Labute approximate surface area is 101 Å². The summed E-state index contributed by atoms with van der Waals surface area (Å²) in [7, 11) is 0. The van der Waals surface area contributed by atoms with Gasteiger partial charge in [-0.25, -0.2) is 10.8 Å². The van der Waals surface area contributed by atoms with Crippen molar-refractivity contribution in [3.8, 4) is 12.3 Å². The van der Waals surface area contributed by atoms with Crippen molar-refractivity contribution in [1.82, 2.24) is 5.43 Å². The van der Waals surface area contributed by atoms with Gasteiger partial charge in [-0.2, -0.15) is 13.2 Å². The zero-order chi connectivity index (χ0) is 13.1. The van der Waals surface area contributed by atoms with Crippen LogP contribution in [0, 0.1) is 18.3 Å². The number of hydrazine groups is 1. The summed E-state index contributed by atoms with van der Waals surface area (Å²) < 4.78 is 42.9. The number of rotatable bonds is 2. The molecule has 0 amide bonds. The lowest BCUT2D eigenvalue weighted by Crippen LogP contribution is -2.49. The molecule has 4 nitrogen and oxygen atoms in total. The molecule has 3 atom stereocenters. The molecule has 0 saturated carbocycles. The molecule has 17 heavy (non-hydrogen) atoms. The summed E-state index contributed by atoms with van der Waals surface area (Å²) >= 11 is 5.77. The largest absolute Gasteiger partial charge is 0.398 e. The molecule has 1 aliphatic rings. The normalized spacial score (nSPS) is 29.4. The van der Waals surface area contributed by atoms with Crippen LogP contribution in [-0.2, 0) is 4.74 Å². The van der Waals surface area contributed by atoms with E-state index < -0.39 is 29.5 Å². The molecule has 0 radical (unpaired) electrons. The SMILES string of the molecule is C#CCOC1N=C(NN)C(C(F)(F)F)CC1Cl. The Morgan fingerprint density at radius 1 is 1.65 bits per heavy atom. The number of aliphatic imine (C=N–C) groups is 1. The van der Waals surface area contributed by atoms with Gasteiger partial charge in [0.25, 0.3) is 0 Å². The molecule has 0 aromatic rings. The topological polar surface area (TPSA) is 59.6 Å². The third-order valence-corrected chi connectivity index (χ3v) is 2.64. The zero-order valence-electron chi connectivity index (χ0n) is 8.67. The van der Waals surface area contributed by atoms with Gasteiger partial charge in [-0.3, -0.25) is 0 Å². The van der Waals surface area contributed by atoms with E-state index in [-0.39, 0.29) is 13.0 Å². The number of terminal acetylenes is 1. The number of halogens is 4. The Hall–Kier alpha value is -0.970. The first kappa shape index (κ1) is 14.1. The highest BCUT2D eigenvalue weighted by molar-refractivity contribution is 6.21. The summed E-state index contributed by atoms with van der Waals surface area (Å²) in [5.41, 5.74) is 1.93. The molecule has 0 aromatic carbocycles. The highest BCUT2D eigenvalue weighted by Crippen LogP contribution is 2.35. The van der Waals surface area contributed by atoms with E-state index in [1.54, 1.807) is 0 Å². The van der Waals surface area contributed by atoms with Crippen molar-refractivity contribution < 1.29 is 17.9 Å². The molecule has 96 valence electrons. The van der Waals surface area contributed by atoms with Crippen LogP contribution >= 0.6 is 11.6 Å². The monoisotopic (exact) mass is 269 g/mol. The second kappa shape index (κ2) is 5.58. The molecule has 1 rings (SSSR count). The summed E-state index contributed by atoms with van der Waals surface area (Å²) in [5, 5.41) is -0.896. The highest BCUT2D eigenvalue weighted by Gasteiger charge is 2.47. The molecular formula is C9H11ClF3N3O. The average molecular weight is 270 g/mol. The van der Waals surface area contributed by atoms with Crippen molar-refractivity contribution in [3.63, 3.8) is 0 Å². The van der Waals surface area contributed by atoms with Gasteiger partial charge in [0.1, 0.15) is 18.4 Å². The van der Waals surface area contributed by atoms with Crippen LogP contribution < -0.4 is 11.3 Å². The standard InChI is InChI=1S/C9H11ClF3N3O/c1-2-3-17-8-6(10)4-5(9(11,12)13)7(15-8)16-14/h1,5-6,8H,3-4,14H2,(H,15,16). The first-order valence-electron chi connectivity index (χ1n) is 4.70. The maximum absolute atomic E-state index is 12.6. The number of nitrogens with one attached hydrogen (secondary N) is 1. The summed E-state index contributed by atoms with van der Waals surface area (Å²) in [5.74, 6) is 5.00. The van der Waals surface area contributed by atoms with Crippen molar-refractivity contribution >= 4 is 17.4 Å².